The largest absolute Gasteiger partial charge is 0.398 e. The van der Waals surface area contributed by atoms with Crippen LogP contribution in [0.3, 0.4) is 0 Å². The Morgan fingerprint density at radius 2 is 1.95 bits per heavy atom. The van der Waals surface area contributed by atoms with Crippen molar-refractivity contribution < 1.29 is 8.42 Å². The second kappa shape index (κ2) is 5.43. The Morgan fingerprint density at radius 1 is 1.35 bits per heavy atom. The summed E-state index contributed by atoms with van der Waals surface area (Å²) in [6.45, 7) is 4.00. The van der Waals surface area contributed by atoms with Gasteiger partial charge >= 0.3 is 0 Å². The third-order valence-electron chi connectivity index (χ3n) is 3.61. The molecule has 0 unspecified atom stereocenters. The smallest absolute Gasteiger partial charge is 0.245 e. The maximum atomic E-state index is 12.7. The molecule has 5 nitrogen and oxygen atoms in total. The lowest BCUT2D eigenvalue weighted by molar-refractivity contribution is 0.411. The van der Waals surface area contributed by atoms with Gasteiger partial charge < -0.3 is 5.73 Å². The van der Waals surface area contributed by atoms with Gasteiger partial charge in [0.1, 0.15) is 4.90 Å². The first-order valence-electron chi connectivity index (χ1n) is 6.63. The molecule has 20 heavy (non-hydrogen) atoms. The minimum absolute atomic E-state index is 0.0226. The quantitative estimate of drug-likeness (QED) is 0.841. The third-order valence-corrected chi connectivity index (χ3v) is 5.62. The highest BCUT2D eigenvalue weighted by atomic mass is 32.2. The molecule has 0 aromatic heterocycles. The maximum Gasteiger partial charge on any atom is 0.245 e. The molecule has 0 aliphatic heterocycles. The highest BCUT2D eigenvalue weighted by Crippen LogP contribution is 2.34. The van der Waals surface area contributed by atoms with E-state index in [-0.39, 0.29) is 29.6 Å². The number of nitrogen functional groups attached to an aromatic ring is 1. The molecule has 0 saturated heterocycles. The van der Waals surface area contributed by atoms with Crippen molar-refractivity contribution in [3.63, 3.8) is 0 Å². The molecule has 0 radical (unpaired) electrons. The summed E-state index contributed by atoms with van der Waals surface area (Å²) < 4.78 is 26.9. The monoisotopic (exact) mass is 293 g/mol. The number of nitriles is 1. The zero-order valence-electron chi connectivity index (χ0n) is 11.8. The lowest BCUT2D eigenvalue weighted by Gasteiger charge is -2.22. The van der Waals surface area contributed by atoms with Gasteiger partial charge in [0.25, 0.3) is 0 Å². The minimum atomic E-state index is -3.62. The highest BCUT2D eigenvalue weighted by Gasteiger charge is 2.38. The second-order valence-electron chi connectivity index (χ2n) is 5.23. The summed E-state index contributed by atoms with van der Waals surface area (Å²) in [6.07, 6.45) is 1.91. The second-order valence-corrected chi connectivity index (χ2v) is 7.09. The fourth-order valence-electron chi connectivity index (χ4n) is 2.18. The number of anilines is 1. The third kappa shape index (κ3) is 2.79. The van der Waals surface area contributed by atoms with E-state index in [1.165, 1.54) is 4.31 Å². The van der Waals surface area contributed by atoms with Crippen LogP contribution in [-0.2, 0) is 10.0 Å². The van der Waals surface area contributed by atoms with Crippen molar-refractivity contribution in [1.29, 1.82) is 5.26 Å². The van der Waals surface area contributed by atoms with E-state index in [9.17, 15) is 8.42 Å². The van der Waals surface area contributed by atoms with Crippen LogP contribution >= 0.6 is 0 Å². The fourth-order valence-corrected chi connectivity index (χ4v) is 4.05. The van der Waals surface area contributed by atoms with Crippen LogP contribution in [0.4, 0.5) is 5.69 Å². The minimum Gasteiger partial charge on any atom is -0.398 e. The van der Waals surface area contributed by atoms with Crippen molar-refractivity contribution in [3.8, 4) is 6.07 Å². The first-order chi connectivity index (χ1) is 9.37. The van der Waals surface area contributed by atoms with E-state index in [0.717, 1.165) is 24.0 Å². The molecule has 1 aliphatic rings. The van der Waals surface area contributed by atoms with Gasteiger partial charge in [0.2, 0.25) is 10.0 Å². The van der Waals surface area contributed by atoms with Crippen LogP contribution in [0.5, 0.6) is 0 Å². The lowest BCUT2D eigenvalue weighted by Crippen LogP contribution is -2.34. The first kappa shape index (κ1) is 14.8. The van der Waals surface area contributed by atoms with Crippen LogP contribution in [0.2, 0.25) is 0 Å². The van der Waals surface area contributed by atoms with Gasteiger partial charge in [-0.2, -0.15) is 9.57 Å². The Morgan fingerprint density at radius 3 is 2.50 bits per heavy atom. The molecule has 0 bridgehead atoms. The Labute approximate surface area is 120 Å². The summed E-state index contributed by atoms with van der Waals surface area (Å²) >= 11 is 0. The van der Waals surface area contributed by atoms with E-state index in [1.807, 2.05) is 19.9 Å². The lowest BCUT2D eigenvalue weighted by atomic mass is 10.1. The molecule has 1 fully saturated rings. The number of benzene rings is 1. The van der Waals surface area contributed by atoms with Gasteiger partial charge in [-0.3, -0.25) is 0 Å². The molecule has 6 heteroatoms. The topological polar surface area (TPSA) is 87.2 Å². The van der Waals surface area contributed by atoms with Gasteiger partial charge in [0.05, 0.1) is 11.8 Å². The number of sulfonamides is 1. The fraction of sp³-hybridized carbons (Fsp3) is 0.500. The summed E-state index contributed by atoms with van der Waals surface area (Å²) in [6, 6.07) is 5.34. The van der Waals surface area contributed by atoms with Gasteiger partial charge in [-0.05, 0) is 49.9 Å². The summed E-state index contributed by atoms with van der Waals surface area (Å²) in [5.41, 5.74) is 8.03. The highest BCUT2D eigenvalue weighted by molar-refractivity contribution is 7.89. The first-order valence-corrected chi connectivity index (χ1v) is 8.07. The maximum absolute atomic E-state index is 12.7. The van der Waals surface area contributed by atoms with Gasteiger partial charge in [0, 0.05) is 19.0 Å². The van der Waals surface area contributed by atoms with Crippen LogP contribution in [0.15, 0.2) is 17.0 Å². The van der Waals surface area contributed by atoms with E-state index in [0.29, 0.717) is 0 Å². The standard InChI is InChI=1S/C14H19N3O2S/c1-10-8-13(16)14(9-11(10)2)20(18,19)17(7-3-6-15)12-4-5-12/h8-9,12H,3-5,7,16H2,1-2H3. The summed E-state index contributed by atoms with van der Waals surface area (Å²) in [5.74, 6) is 0. The van der Waals surface area contributed by atoms with E-state index < -0.39 is 10.0 Å². The molecule has 1 aromatic carbocycles. The van der Waals surface area contributed by atoms with E-state index >= 15 is 0 Å². The molecule has 1 aliphatic carbocycles. The molecule has 0 spiro atoms. The van der Waals surface area contributed by atoms with Crippen LogP contribution in [0.1, 0.15) is 30.4 Å². The van der Waals surface area contributed by atoms with Crippen molar-refractivity contribution >= 4 is 15.7 Å². The molecule has 2 N–H and O–H groups in total. The van der Waals surface area contributed by atoms with Gasteiger partial charge in [-0.25, -0.2) is 8.42 Å². The molecule has 0 atom stereocenters. The van der Waals surface area contributed by atoms with Gasteiger partial charge in [0.15, 0.2) is 0 Å². The molecular formula is C14H19N3O2S. The van der Waals surface area contributed by atoms with Crippen LogP contribution < -0.4 is 5.73 Å². The van der Waals surface area contributed by atoms with Crippen LogP contribution in [0, 0.1) is 25.2 Å². The Hall–Kier alpha value is -1.58. The Kier molecular flexibility index (Phi) is 4.02. The normalized spacial score (nSPS) is 15.3. The SMILES string of the molecule is Cc1cc(N)c(S(=O)(=O)N(CCC#N)C2CC2)cc1C. The number of rotatable bonds is 5. The molecule has 2 rings (SSSR count). The van der Waals surface area contributed by atoms with Crippen molar-refractivity contribution in [2.75, 3.05) is 12.3 Å². The number of hydrogen-bond donors (Lipinski definition) is 1. The number of nitrogens with zero attached hydrogens (tertiary/aromatic N) is 2. The van der Waals surface area contributed by atoms with Crippen molar-refractivity contribution in [1.82, 2.24) is 4.31 Å². The molecule has 1 aromatic rings. The zero-order chi connectivity index (χ0) is 14.9. The molecular weight excluding hydrogens is 274 g/mol. The van der Waals surface area contributed by atoms with Crippen LogP contribution in [0.25, 0.3) is 0 Å². The Balaban J connectivity index is 2.43. The van der Waals surface area contributed by atoms with Crippen LogP contribution in [-0.4, -0.2) is 25.3 Å². The zero-order valence-corrected chi connectivity index (χ0v) is 12.6. The number of hydrogen-bond acceptors (Lipinski definition) is 4. The summed E-state index contributed by atoms with van der Waals surface area (Å²) in [7, 11) is -3.62. The van der Waals surface area contributed by atoms with Gasteiger partial charge in [-0.1, -0.05) is 0 Å². The van der Waals surface area contributed by atoms with Crippen molar-refractivity contribution in [2.24, 2.45) is 0 Å². The van der Waals surface area contributed by atoms with E-state index in [2.05, 4.69) is 0 Å². The van der Waals surface area contributed by atoms with Gasteiger partial charge in [-0.15, -0.1) is 0 Å². The number of nitrogens with two attached hydrogens (primary N) is 1. The summed E-state index contributed by atoms with van der Waals surface area (Å²) in [4.78, 5) is 0.158. The van der Waals surface area contributed by atoms with E-state index in [1.54, 1.807) is 12.1 Å². The summed E-state index contributed by atoms with van der Waals surface area (Å²) in [5, 5.41) is 8.69. The molecule has 1 saturated carbocycles. The average Bonchev–Trinajstić information content (AvgIpc) is 3.18. The van der Waals surface area contributed by atoms with Crippen molar-refractivity contribution in [2.45, 2.75) is 44.0 Å². The predicted octanol–water partition coefficient (Wildman–Crippen LogP) is 1.95. The Bertz CT molecular complexity index is 658. The van der Waals surface area contributed by atoms with Crippen molar-refractivity contribution in [3.05, 3.63) is 23.3 Å². The van der Waals surface area contributed by atoms with E-state index in [4.69, 9.17) is 11.0 Å². The number of aryl methyl sites for hydroxylation is 2. The average molecular weight is 293 g/mol. The molecule has 108 valence electrons. The predicted molar refractivity (Wildman–Crippen MR) is 77.5 cm³/mol. The molecule has 0 amide bonds. The molecule has 0 heterocycles.